The van der Waals surface area contributed by atoms with E-state index in [2.05, 4.69) is 75.2 Å². The zero-order valence-corrected chi connectivity index (χ0v) is 42.9. The van der Waals surface area contributed by atoms with Gasteiger partial charge in [-0.25, -0.2) is 13.7 Å². The highest BCUT2D eigenvalue weighted by molar-refractivity contribution is 8.04. The van der Waals surface area contributed by atoms with Crippen LogP contribution >= 0.6 is 35.4 Å². The van der Waals surface area contributed by atoms with Gasteiger partial charge in [0.15, 0.2) is 21.7 Å². The molecule has 0 unspecified atom stereocenters. The van der Waals surface area contributed by atoms with Crippen LogP contribution in [0.1, 0.15) is 0 Å². The number of aromatic hydroxyl groups is 1. The third kappa shape index (κ3) is 15.7. The van der Waals surface area contributed by atoms with Crippen molar-refractivity contribution in [3.63, 3.8) is 0 Å². The van der Waals surface area contributed by atoms with Gasteiger partial charge >= 0.3 is 10.4 Å². The van der Waals surface area contributed by atoms with Gasteiger partial charge < -0.3 is 36.6 Å². The molecule has 11 N–H and O–H groups in total. The van der Waals surface area contributed by atoms with Crippen LogP contribution in [-0.4, -0.2) is 110 Å². The van der Waals surface area contributed by atoms with Gasteiger partial charge in [-0.05, 0) is 100 Å². The lowest BCUT2D eigenvalue weighted by atomic mass is 10.1. The van der Waals surface area contributed by atoms with Crippen molar-refractivity contribution < 1.29 is 86.1 Å². The minimum absolute atomic E-state index is 0.0173. The Morgan fingerprint density at radius 3 is 2.15 bits per heavy atom. The summed E-state index contributed by atoms with van der Waals surface area (Å²) in [5.41, 5.74) is 4.23. The number of thioether (sulfide) groups is 1. The SMILES string of the molecule is COc1ccc(SC#COOS(=O)(=O)O)cc1Nc1nc(Cl)nc(Nc2ccc(N=Nc3c(N)ccc4c(O)c(N=Nc5ccc(S(=O)(=O)CCNCCO)cc5SOOO)c(S(=O)(=O)O)cc34)c(S(=O)(=O)O)c2)n1. The van der Waals surface area contributed by atoms with E-state index in [4.69, 9.17) is 37.0 Å². The lowest BCUT2D eigenvalue weighted by Crippen LogP contribution is -2.25. The average molecular weight is 1180 g/mol. The number of anilines is 5. The number of aliphatic hydroxyl groups is 1. The average Bonchev–Trinajstić information content (AvgIpc) is 3.33. The maximum atomic E-state index is 13.0. The molecule has 0 saturated carbocycles. The summed E-state index contributed by atoms with van der Waals surface area (Å²) in [6, 6.07) is 14.4. The van der Waals surface area contributed by atoms with E-state index < -0.39 is 73.1 Å². The predicted molar refractivity (Wildman–Crippen MR) is 265 cm³/mol. The summed E-state index contributed by atoms with van der Waals surface area (Å²) in [6.45, 7) is -0.104. The number of hydrogen-bond acceptors (Lipinski definition) is 29. The van der Waals surface area contributed by atoms with Crippen LogP contribution in [0.25, 0.3) is 10.8 Å². The van der Waals surface area contributed by atoms with Crippen molar-refractivity contribution in [2.75, 3.05) is 48.9 Å². The van der Waals surface area contributed by atoms with Gasteiger partial charge in [-0.2, -0.15) is 40.2 Å². The summed E-state index contributed by atoms with van der Waals surface area (Å²) >= 11 is 7.30. The summed E-state index contributed by atoms with van der Waals surface area (Å²) in [4.78, 5) is 14.5. The summed E-state index contributed by atoms with van der Waals surface area (Å²) in [6.07, 6.45) is 1.90. The van der Waals surface area contributed by atoms with E-state index in [0.29, 0.717) is 4.90 Å². The van der Waals surface area contributed by atoms with Crippen molar-refractivity contribution in [2.45, 2.75) is 24.5 Å². The number of benzene rings is 5. The maximum absolute atomic E-state index is 13.0. The number of nitrogens with zero attached hydrogens (tertiary/aromatic N) is 7. The molecule has 0 aliphatic heterocycles. The van der Waals surface area contributed by atoms with Gasteiger partial charge in [-0.3, -0.25) is 18.5 Å². The fourth-order valence-corrected chi connectivity index (χ4v) is 9.90. The van der Waals surface area contributed by atoms with Crippen LogP contribution in [0.5, 0.6) is 11.5 Å². The lowest BCUT2D eigenvalue weighted by Gasteiger charge is -2.13. The number of ether oxygens (including phenoxy) is 1. The van der Waals surface area contributed by atoms with Gasteiger partial charge in [0.05, 0.1) is 52.7 Å². The molecule has 30 nitrogen and oxygen atoms in total. The standard InChI is InChI=1S/C38H34ClN11O19S6/c1-65-29-9-3-21(70-14-13-66-69-75(62,63)64)17-28(29)43-38-45-36(39)44-37(46-38)42-20-2-7-27(31(16-20)73(56,57)58)48-49-33-24-19-32(74(59,60)61)34(35(52)23(24)5-6-25(33)40)50-47-26-8-4-22(18-30(26)71-68-67-53)72(54,55)15-11-41-10-12-51/h2-9,16-19,41,51-53H,10-12,15,40H2,1H3,(H,56,57,58)(H,59,60,61)(H,62,63,64)(H2,42,43,44,45,46). The molecule has 0 aliphatic rings. The Labute approximate surface area is 437 Å². The molecule has 0 bridgehead atoms. The van der Waals surface area contributed by atoms with Crippen LogP contribution in [-0.2, 0) is 59.1 Å². The van der Waals surface area contributed by atoms with E-state index in [1.807, 2.05) is 6.11 Å². The third-order valence-corrected chi connectivity index (χ3v) is 14.4. The Kier molecular flexibility index (Phi) is 19.1. The molecule has 0 amide bonds. The summed E-state index contributed by atoms with van der Waals surface area (Å²) in [7, 11) is -17.9. The number of fused-ring (bicyclic) bond motifs is 1. The van der Waals surface area contributed by atoms with Crippen LogP contribution < -0.4 is 26.4 Å². The molecule has 0 atom stereocenters. The lowest BCUT2D eigenvalue weighted by molar-refractivity contribution is -0.432. The molecule has 398 valence electrons. The number of sulfone groups is 1. The molecular formula is C38H34ClN11O19S6. The number of methoxy groups -OCH3 is 1. The van der Waals surface area contributed by atoms with Gasteiger partial charge in [0.25, 0.3) is 20.2 Å². The largest absolute Gasteiger partial charge is 0.505 e. The highest BCUT2D eigenvalue weighted by atomic mass is 35.5. The number of nitrogen functional groups attached to an aromatic ring is 1. The van der Waals surface area contributed by atoms with Crippen molar-refractivity contribution >= 4 is 138 Å². The van der Waals surface area contributed by atoms with Crippen LogP contribution in [0.4, 0.5) is 51.7 Å². The van der Waals surface area contributed by atoms with Crippen LogP contribution in [0.3, 0.4) is 0 Å². The number of rotatable bonds is 23. The van der Waals surface area contributed by atoms with Crippen molar-refractivity contribution in [1.82, 2.24) is 20.3 Å². The first-order chi connectivity index (χ1) is 35.4. The van der Waals surface area contributed by atoms with Crippen molar-refractivity contribution in [2.24, 2.45) is 20.5 Å². The van der Waals surface area contributed by atoms with E-state index in [1.54, 1.807) is 6.07 Å². The Bertz CT molecular complexity index is 3740. The minimum Gasteiger partial charge on any atom is -0.505 e. The number of aromatic nitrogens is 3. The second-order valence-electron chi connectivity index (χ2n) is 14.1. The molecule has 1 heterocycles. The first-order valence-corrected chi connectivity index (χ1v) is 27.7. The minimum atomic E-state index is -5.30. The second kappa shape index (κ2) is 24.8. The summed E-state index contributed by atoms with van der Waals surface area (Å²) < 4.78 is 141. The van der Waals surface area contributed by atoms with Gasteiger partial charge in [-0.1, -0.05) is 5.04 Å². The molecular weight excluding hydrogens is 1140 g/mol. The topological polar surface area (TPSA) is 454 Å². The monoisotopic (exact) mass is 1180 g/mol. The molecule has 6 aromatic rings. The first-order valence-electron chi connectivity index (χ1n) is 19.9. The third-order valence-electron chi connectivity index (χ3n) is 9.20. The first kappa shape index (κ1) is 57.6. The van der Waals surface area contributed by atoms with E-state index in [1.165, 1.54) is 37.4 Å². The number of halogens is 1. The molecule has 37 heteroatoms. The molecule has 0 saturated heterocycles. The van der Waals surface area contributed by atoms with Gasteiger partial charge in [0, 0.05) is 39.7 Å². The zero-order valence-electron chi connectivity index (χ0n) is 37.3. The number of nitrogens with one attached hydrogen (secondary N) is 3. The number of hydrogen-bond donors (Lipinski definition) is 10. The van der Waals surface area contributed by atoms with Gasteiger partial charge in [0.2, 0.25) is 17.2 Å². The highest BCUT2D eigenvalue weighted by Gasteiger charge is 2.26. The maximum Gasteiger partial charge on any atom is 0.433 e. The van der Waals surface area contributed by atoms with Crippen LogP contribution in [0, 0.1) is 11.4 Å². The molecule has 75 heavy (non-hydrogen) atoms. The summed E-state index contributed by atoms with van der Waals surface area (Å²) in [5.74, 6) is -1.47. The fourth-order valence-electron chi connectivity index (χ4n) is 6.05. The fraction of sp³-hybridized carbons (Fsp3) is 0.132. The van der Waals surface area contributed by atoms with Gasteiger partial charge in [0.1, 0.15) is 38.3 Å². The Morgan fingerprint density at radius 1 is 0.773 bits per heavy atom. The van der Waals surface area contributed by atoms with Gasteiger partial charge in [-0.15, -0.1) is 24.8 Å². The second-order valence-corrected chi connectivity index (χ2v) is 21.9. The quantitative estimate of drug-likeness (QED) is 0.00385. The van der Waals surface area contributed by atoms with Crippen molar-refractivity contribution in [3.05, 3.63) is 78.1 Å². The van der Waals surface area contributed by atoms with E-state index in [0.717, 1.165) is 48.2 Å². The molecule has 0 spiro atoms. The molecule has 0 radical (unpaired) electrons. The number of aliphatic hydroxyl groups excluding tert-OH is 1. The highest BCUT2D eigenvalue weighted by Crippen LogP contribution is 2.47. The van der Waals surface area contributed by atoms with E-state index in [-0.39, 0.29) is 104 Å². The predicted octanol–water partition coefficient (Wildman–Crippen LogP) is 6.33. The molecule has 5 aromatic carbocycles. The number of phenols is 1. The Hall–Kier alpha value is -6.64. The number of nitrogens with two attached hydrogens (primary N) is 1. The molecule has 1 aromatic heterocycles. The molecule has 6 rings (SSSR count). The number of azo groups is 2. The van der Waals surface area contributed by atoms with Crippen LogP contribution in [0.15, 0.2) is 118 Å². The molecule has 0 fully saturated rings. The number of phenolic OH excluding ortho intramolecular Hbond substituents is 1. The smallest absolute Gasteiger partial charge is 0.433 e. The zero-order chi connectivity index (χ0) is 54.7. The van der Waals surface area contributed by atoms with Crippen molar-refractivity contribution in [1.29, 1.82) is 0 Å². The Morgan fingerprint density at radius 2 is 1.47 bits per heavy atom. The summed E-state index contributed by atoms with van der Waals surface area (Å²) in [5, 5.41) is 58.4. The van der Waals surface area contributed by atoms with Crippen molar-refractivity contribution in [3.8, 4) is 22.9 Å². The molecule has 0 aliphatic carbocycles. The van der Waals surface area contributed by atoms with E-state index >= 15 is 0 Å². The Balaban J connectivity index is 1.30. The van der Waals surface area contributed by atoms with Crippen LogP contribution in [0.2, 0.25) is 5.28 Å². The normalized spacial score (nSPS) is 12.3. The van der Waals surface area contributed by atoms with E-state index in [9.17, 15) is 47.9 Å².